The molecule has 4 N–H and O–H groups in total. The van der Waals surface area contributed by atoms with Crippen LogP contribution in [-0.2, 0) is 18.8 Å². The van der Waals surface area contributed by atoms with Crippen LogP contribution in [0.2, 0.25) is 0 Å². The molecule has 2 atom stereocenters. The number of aromatic nitrogens is 3. The molecule has 7 rings (SSSR count). The van der Waals surface area contributed by atoms with Crippen molar-refractivity contribution >= 4 is 66.1 Å². The highest BCUT2D eigenvalue weighted by atomic mass is 32.2. The first-order valence-corrected chi connectivity index (χ1v) is 13.9. The lowest BCUT2D eigenvalue weighted by molar-refractivity contribution is 0.00168. The van der Waals surface area contributed by atoms with Crippen LogP contribution in [0.1, 0.15) is 5.56 Å². The molecule has 0 radical (unpaired) electrons. The van der Waals surface area contributed by atoms with Gasteiger partial charge < -0.3 is 34.3 Å². The average molecular weight is 515 g/mol. The number of aromatic hydroxyl groups is 1. The third kappa shape index (κ3) is 3.33. The second-order valence-corrected chi connectivity index (χ2v) is 11.6. The lowest BCUT2D eigenvalue weighted by Crippen LogP contribution is -2.35. The van der Waals surface area contributed by atoms with E-state index in [1.807, 2.05) is 30.1 Å². The minimum Gasteiger partial charge on any atom is -0.494 e. The zero-order chi connectivity index (χ0) is 25.4. The Balaban J connectivity index is 1.61. The molecule has 0 fully saturated rings. The van der Waals surface area contributed by atoms with Crippen LogP contribution in [0.3, 0.4) is 0 Å². The number of rotatable bonds is 5. The molecule has 37 heavy (non-hydrogen) atoms. The number of hydrogen-bond acceptors (Lipinski definition) is 5. The van der Waals surface area contributed by atoms with E-state index < -0.39 is 12.2 Å². The first kappa shape index (κ1) is 23.0. The van der Waals surface area contributed by atoms with Gasteiger partial charge in [-0.05, 0) is 37.9 Å². The number of H-pyrrole nitrogens is 1. The monoisotopic (exact) mass is 514 g/mol. The van der Waals surface area contributed by atoms with E-state index in [0.717, 1.165) is 72.4 Å². The van der Waals surface area contributed by atoms with Crippen LogP contribution in [0.15, 0.2) is 48.7 Å². The predicted molar refractivity (Wildman–Crippen MR) is 153 cm³/mol. The van der Waals surface area contributed by atoms with Crippen LogP contribution in [-0.4, -0.2) is 72.9 Å². The minimum atomic E-state index is -0.917. The smallest absolute Gasteiger partial charge is 0.197 e. The maximum absolute atomic E-state index is 11.1. The van der Waals surface area contributed by atoms with Crippen molar-refractivity contribution in [3.8, 4) is 5.88 Å². The first-order chi connectivity index (χ1) is 17.9. The van der Waals surface area contributed by atoms with Gasteiger partial charge in [0.05, 0.1) is 41.7 Å². The van der Waals surface area contributed by atoms with Gasteiger partial charge in [0.2, 0.25) is 0 Å². The summed E-state index contributed by atoms with van der Waals surface area (Å²) in [6.07, 6.45) is 0.0759. The zero-order valence-corrected chi connectivity index (χ0v) is 21.7. The molecule has 7 nitrogen and oxygen atoms in total. The Morgan fingerprint density at radius 1 is 0.892 bits per heavy atom. The molecule has 0 aliphatic carbocycles. The van der Waals surface area contributed by atoms with Crippen molar-refractivity contribution in [2.75, 3.05) is 26.4 Å². The van der Waals surface area contributed by atoms with E-state index in [9.17, 15) is 15.3 Å². The molecule has 4 heterocycles. The highest BCUT2D eigenvalue weighted by Crippen LogP contribution is 2.48. The van der Waals surface area contributed by atoms with Gasteiger partial charge in [-0.3, -0.25) is 0 Å². The SMILES string of the molecule is CN(C)CCSCc1ccc2c(c1)c1c3c(O)[nH]cc3c3c4ccccc4n4c3c1n2CC(O)C(O)C4. The maximum atomic E-state index is 11.1. The van der Waals surface area contributed by atoms with Gasteiger partial charge in [-0.15, -0.1) is 0 Å². The van der Waals surface area contributed by atoms with Crippen molar-refractivity contribution in [1.29, 1.82) is 0 Å². The fourth-order valence-corrected chi connectivity index (χ4v) is 7.16. The summed E-state index contributed by atoms with van der Waals surface area (Å²) in [6, 6.07) is 14.7. The molecular weight excluding hydrogens is 484 g/mol. The first-order valence-electron chi connectivity index (χ1n) is 12.7. The fraction of sp³-hybridized carbons (Fsp3) is 0.310. The number of aromatic amines is 1. The Morgan fingerprint density at radius 3 is 2.35 bits per heavy atom. The van der Waals surface area contributed by atoms with Gasteiger partial charge in [0.1, 0.15) is 0 Å². The summed E-state index contributed by atoms with van der Waals surface area (Å²) in [4.78, 5) is 5.27. The van der Waals surface area contributed by atoms with Gasteiger partial charge in [-0.25, -0.2) is 0 Å². The molecule has 0 saturated carbocycles. The van der Waals surface area contributed by atoms with E-state index in [2.05, 4.69) is 63.4 Å². The van der Waals surface area contributed by atoms with Crippen molar-refractivity contribution < 1.29 is 15.3 Å². The zero-order valence-electron chi connectivity index (χ0n) is 20.9. The molecule has 190 valence electrons. The number of nitrogens with one attached hydrogen (secondary N) is 1. The molecule has 3 aromatic carbocycles. The molecule has 6 aromatic rings. The van der Waals surface area contributed by atoms with E-state index in [1.165, 1.54) is 5.56 Å². The van der Waals surface area contributed by atoms with Gasteiger partial charge in [0, 0.05) is 62.2 Å². The molecule has 0 bridgehead atoms. The van der Waals surface area contributed by atoms with E-state index in [1.54, 1.807) is 0 Å². The summed E-state index contributed by atoms with van der Waals surface area (Å²) in [5, 5.41) is 39.0. The third-order valence-corrected chi connectivity index (χ3v) is 8.85. The number of thioether (sulfide) groups is 1. The Hall–Kier alpha value is -3.17. The summed E-state index contributed by atoms with van der Waals surface area (Å²) in [5.41, 5.74) is 5.26. The molecular formula is C29H30N4O3S. The quantitative estimate of drug-likeness (QED) is 0.252. The predicted octanol–water partition coefficient (Wildman–Crippen LogP) is 4.62. The summed E-state index contributed by atoms with van der Waals surface area (Å²) in [5.74, 6) is 2.12. The van der Waals surface area contributed by atoms with Crippen molar-refractivity contribution in [2.24, 2.45) is 0 Å². The number of benzene rings is 3. The van der Waals surface area contributed by atoms with Crippen LogP contribution in [0, 0.1) is 0 Å². The Morgan fingerprint density at radius 2 is 1.59 bits per heavy atom. The Labute approximate surface area is 217 Å². The number of para-hydroxylation sites is 1. The second-order valence-electron chi connectivity index (χ2n) is 10.5. The van der Waals surface area contributed by atoms with Gasteiger partial charge in [0.25, 0.3) is 0 Å². The van der Waals surface area contributed by atoms with Gasteiger partial charge in [-0.1, -0.05) is 24.3 Å². The standard InChI is InChI=1S/C29H30N4O3S/c1-31(2)9-10-37-15-16-7-8-21-18(11-16)25-26-19(12-30-29(26)36)24-17-5-3-4-6-20(17)32-13-22(34)23(35)14-33(21)28(25)27(24)32/h3-8,11-12,22-23,30,34-36H,9-10,13-15H2,1-2H3. The topological polar surface area (TPSA) is 89.6 Å². The van der Waals surface area contributed by atoms with E-state index in [0.29, 0.717) is 6.54 Å². The molecule has 1 aliphatic heterocycles. The molecule has 0 amide bonds. The highest BCUT2D eigenvalue weighted by molar-refractivity contribution is 7.98. The van der Waals surface area contributed by atoms with E-state index in [4.69, 9.17) is 0 Å². The summed E-state index contributed by atoms with van der Waals surface area (Å²) in [6.45, 7) is 1.62. The molecule has 0 saturated heterocycles. The van der Waals surface area contributed by atoms with Crippen LogP contribution >= 0.6 is 11.8 Å². The molecule has 1 aliphatic rings. The van der Waals surface area contributed by atoms with Crippen LogP contribution in [0.5, 0.6) is 5.88 Å². The van der Waals surface area contributed by atoms with Crippen molar-refractivity contribution in [1.82, 2.24) is 19.0 Å². The molecule has 8 heteroatoms. The number of fused-ring (bicyclic) bond motifs is 9. The van der Waals surface area contributed by atoms with Gasteiger partial charge >= 0.3 is 0 Å². The van der Waals surface area contributed by atoms with E-state index in [-0.39, 0.29) is 12.4 Å². The summed E-state index contributed by atoms with van der Waals surface area (Å²) < 4.78 is 4.29. The molecule has 3 aromatic heterocycles. The fourth-order valence-electron chi connectivity index (χ4n) is 6.11. The average Bonchev–Trinajstić information content (AvgIpc) is 3.51. The summed E-state index contributed by atoms with van der Waals surface area (Å²) in [7, 11) is 4.18. The van der Waals surface area contributed by atoms with Crippen molar-refractivity contribution in [3.63, 3.8) is 0 Å². The van der Waals surface area contributed by atoms with Crippen molar-refractivity contribution in [3.05, 3.63) is 54.2 Å². The second kappa shape index (κ2) is 8.43. The third-order valence-electron chi connectivity index (χ3n) is 7.84. The lowest BCUT2D eigenvalue weighted by Gasteiger charge is -2.24. The number of nitrogens with zero attached hydrogens (tertiary/aromatic N) is 3. The van der Waals surface area contributed by atoms with Gasteiger partial charge in [0.15, 0.2) is 5.88 Å². The van der Waals surface area contributed by atoms with E-state index >= 15 is 0 Å². The summed E-state index contributed by atoms with van der Waals surface area (Å²) >= 11 is 1.91. The number of hydrogen-bond donors (Lipinski definition) is 4. The minimum absolute atomic E-state index is 0.154. The Bertz CT molecular complexity index is 1830. The van der Waals surface area contributed by atoms with Crippen LogP contribution in [0.4, 0.5) is 0 Å². The van der Waals surface area contributed by atoms with Crippen LogP contribution in [0.25, 0.3) is 54.4 Å². The normalized spacial score (nSPS) is 18.3. The molecule has 0 spiro atoms. The number of aliphatic hydroxyl groups is 2. The highest BCUT2D eigenvalue weighted by Gasteiger charge is 2.30. The van der Waals surface area contributed by atoms with Gasteiger partial charge in [-0.2, -0.15) is 11.8 Å². The largest absolute Gasteiger partial charge is 0.494 e. The van der Waals surface area contributed by atoms with Crippen LogP contribution < -0.4 is 0 Å². The number of aliphatic hydroxyl groups excluding tert-OH is 2. The molecule has 2 unspecified atom stereocenters. The maximum Gasteiger partial charge on any atom is 0.197 e. The Kier molecular flexibility index (Phi) is 5.23. The van der Waals surface area contributed by atoms with Crippen molar-refractivity contribution in [2.45, 2.75) is 31.1 Å². The lowest BCUT2D eigenvalue weighted by atomic mass is 10.0.